The van der Waals surface area contributed by atoms with Crippen LogP contribution >= 0.6 is 0 Å². The zero-order valence-electron chi connectivity index (χ0n) is 13.6. The van der Waals surface area contributed by atoms with Crippen molar-refractivity contribution in [2.45, 2.75) is 32.1 Å². The fourth-order valence-electron chi connectivity index (χ4n) is 3.60. The van der Waals surface area contributed by atoms with Gasteiger partial charge in [-0.3, -0.25) is 0 Å². The van der Waals surface area contributed by atoms with Crippen LogP contribution in [0.25, 0.3) is 0 Å². The van der Waals surface area contributed by atoms with E-state index in [1.54, 1.807) is 7.05 Å². The van der Waals surface area contributed by atoms with Crippen molar-refractivity contribution in [3.63, 3.8) is 0 Å². The Labute approximate surface area is 128 Å². The van der Waals surface area contributed by atoms with Crippen LogP contribution in [0.4, 0.5) is 10.5 Å². The lowest BCUT2D eigenvalue weighted by molar-refractivity contribution is 0.163. The quantitative estimate of drug-likeness (QED) is 0.797. The number of amides is 2. The summed E-state index contributed by atoms with van der Waals surface area (Å²) in [5.41, 5.74) is 3.07. The molecule has 2 aliphatic heterocycles. The molecule has 0 aromatic heterocycles. The van der Waals surface area contributed by atoms with E-state index in [1.165, 1.54) is 11.3 Å². The molecule has 21 heavy (non-hydrogen) atoms. The highest BCUT2D eigenvalue weighted by Gasteiger charge is 2.43. The maximum absolute atomic E-state index is 11.7. The van der Waals surface area contributed by atoms with Crippen LogP contribution in [0, 0.1) is 0 Å². The summed E-state index contributed by atoms with van der Waals surface area (Å²) in [6.45, 7) is 6.78. The molecule has 3 rings (SSSR count). The smallest absolute Gasteiger partial charge is 0.317 e. The molecule has 0 atom stereocenters. The van der Waals surface area contributed by atoms with Gasteiger partial charge in [-0.15, -0.1) is 0 Å². The molecule has 0 saturated carbocycles. The number of likely N-dealkylation sites (tertiary alicyclic amines) is 1. The first-order valence-corrected chi connectivity index (χ1v) is 7.94. The molecule has 1 N–H and O–H groups in total. The van der Waals surface area contributed by atoms with Crippen molar-refractivity contribution in [1.82, 2.24) is 10.2 Å². The summed E-state index contributed by atoms with van der Waals surface area (Å²) in [6.07, 6.45) is 2.11. The maximum atomic E-state index is 11.7. The van der Waals surface area contributed by atoms with Gasteiger partial charge < -0.3 is 15.1 Å². The molecule has 0 bridgehead atoms. The Bertz CT molecular complexity index is 493. The maximum Gasteiger partial charge on any atom is 0.317 e. The van der Waals surface area contributed by atoms with E-state index in [0.717, 1.165) is 32.5 Å². The molecule has 1 aromatic carbocycles. The van der Waals surface area contributed by atoms with Crippen molar-refractivity contribution in [3.05, 3.63) is 29.8 Å². The lowest BCUT2D eigenvalue weighted by Gasteiger charge is -2.39. The molecule has 116 valence electrons. The van der Waals surface area contributed by atoms with Crippen LogP contribution in [0.2, 0.25) is 0 Å². The summed E-state index contributed by atoms with van der Waals surface area (Å²) in [6, 6.07) is 8.75. The predicted octanol–water partition coefficient (Wildman–Crippen LogP) is 2.84. The fourth-order valence-corrected chi connectivity index (χ4v) is 3.60. The first-order valence-electron chi connectivity index (χ1n) is 7.94. The van der Waals surface area contributed by atoms with E-state index >= 15 is 0 Å². The zero-order chi connectivity index (χ0) is 15.5. The van der Waals surface area contributed by atoms with Crippen molar-refractivity contribution in [2.75, 3.05) is 38.6 Å². The molecule has 4 nitrogen and oxygen atoms in total. The minimum absolute atomic E-state index is 0.0505. The number of benzene rings is 1. The molecule has 1 spiro atoms. The number of rotatable bonds is 0. The average molecular weight is 289 g/mol. The van der Waals surface area contributed by atoms with Crippen molar-refractivity contribution in [3.8, 4) is 0 Å². The van der Waals surface area contributed by atoms with Crippen LogP contribution in [0.1, 0.15) is 32.3 Å². The fraction of sp³-hybridized carbons (Fsp3) is 0.588. The monoisotopic (exact) mass is 289 g/mol. The van der Waals surface area contributed by atoms with Gasteiger partial charge in [0, 0.05) is 44.8 Å². The summed E-state index contributed by atoms with van der Waals surface area (Å²) in [4.78, 5) is 16.0. The Morgan fingerprint density at radius 2 is 1.81 bits per heavy atom. The van der Waals surface area contributed by atoms with Gasteiger partial charge in [-0.2, -0.15) is 0 Å². The minimum Gasteiger partial charge on any atom is -0.373 e. The van der Waals surface area contributed by atoms with E-state index in [9.17, 15) is 4.79 Å². The second kappa shape index (κ2) is 6.37. The van der Waals surface area contributed by atoms with Crippen molar-refractivity contribution < 1.29 is 4.79 Å². The molecule has 2 amide bonds. The van der Waals surface area contributed by atoms with Gasteiger partial charge in [0.15, 0.2) is 0 Å². The standard InChI is InChI=1S/C15H21N3O.C2H6/c1-16-14(19)18-9-7-15(8-10-18)11-17(2)13-6-4-3-5-12(13)15;1-2/h3-6H,7-11H2,1-2H3,(H,16,19);1-2H3. The summed E-state index contributed by atoms with van der Waals surface area (Å²) >= 11 is 0. The summed E-state index contributed by atoms with van der Waals surface area (Å²) in [7, 11) is 3.87. The zero-order valence-corrected chi connectivity index (χ0v) is 13.6. The number of likely N-dealkylation sites (N-methyl/N-ethyl adjacent to an activating group) is 1. The van der Waals surface area contributed by atoms with E-state index in [-0.39, 0.29) is 11.4 Å². The summed E-state index contributed by atoms with van der Waals surface area (Å²) in [5, 5.41) is 2.72. The third kappa shape index (κ3) is 2.71. The van der Waals surface area contributed by atoms with Crippen LogP contribution in [0.5, 0.6) is 0 Å². The second-order valence-corrected chi connectivity index (χ2v) is 5.70. The lowest BCUT2D eigenvalue weighted by Crippen LogP contribution is -2.49. The van der Waals surface area contributed by atoms with E-state index in [4.69, 9.17) is 0 Å². The third-order valence-corrected chi connectivity index (χ3v) is 4.65. The normalized spacial score (nSPS) is 18.9. The average Bonchev–Trinajstić information content (AvgIpc) is 2.82. The van der Waals surface area contributed by atoms with Crippen LogP contribution < -0.4 is 10.2 Å². The molecule has 0 unspecified atom stereocenters. The molecule has 2 heterocycles. The molecule has 0 radical (unpaired) electrons. The topological polar surface area (TPSA) is 35.6 Å². The lowest BCUT2D eigenvalue weighted by atomic mass is 9.74. The number of urea groups is 1. The molecule has 1 aromatic rings. The van der Waals surface area contributed by atoms with Crippen LogP contribution in [-0.4, -0.2) is 44.7 Å². The number of hydrogen-bond donors (Lipinski definition) is 1. The minimum atomic E-state index is 0.0505. The predicted molar refractivity (Wildman–Crippen MR) is 88.0 cm³/mol. The number of fused-ring (bicyclic) bond motifs is 2. The van der Waals surface area contributed by atoms with E-state index in [2.05, 4.69) is 41.5 Å². The van der Waals surface area contributed by atoms with Gasteiger partial charge in [-0.05, 0) is 24.5 Å². The Morgan fingerprint density at radius 1 is 1.19 bits per heavy atom. The van der Waals surface area contributed by atoms with Gasteiger partial charge in [-0.25, -0.2) is 4.79 Å². The molecular weight excluding hydrogens is 262 g/mol. The Hall–Kier alpha value is -1.71. The SMILES string of the molecule is CC.CNC(=O)N1CCC2(CC1)CN(C)c1ccccc12. The highest BCUT2D eigenvalue weighted by molar-refractivity contribution is 5.74. The highest BCUT2D eigenvalue weighted by atomic mass is 16.2. The highest BCUT2D eigenvalue weighted by Crippen LogP contribution is 2.46. The van der Waals surface area contributed by atoms with E-state index < -0.39 is 0 Å². The second-order valence-electron chi connectivity index (χ2n) is 5.70. The van der Waals surface area contributed by atoms with Crippen LogP contribution in [0.15, 0.2) is 24.3 Å². The van der Waals surface area contributed by atoms with Gasteiger partial charge in [0.2, 0.25) is 0 Å². The van der Waals surface area contributed by atoms with Crippen LogP contribution in [0.3, 0.4) is 0 Å². The van der Waals surface area contributed by atoms with Gasteiger partial charge in [-0.1, -0.05) is 32.0 Å². The van der Waals surface area contributed by atoms with Gasteiger partial charge in [0.05, 0.1) is 0 Å². The largest absolute Gasteiger partial charge is 0.373 e. The molecular formula is C17H27N3O. The molecule has 1 saturated heterocycles. The van der Waals surface area contributed by atoms with E-state index in [1.807, 2.05) is 18.7 Å². The number of carbonyl (C=O) groups excluding carboxylic acids is 1. The number of piperidine rings is 1. The van der Waals surface area contributed by atoms with Crippen molar-refractivity contribution in [1.29, 1.82) is 0 Å². The van der Waals surface area contributed by atoms with Crippen molar-refractivity contribution >= 4 is 11.7 Å². The Morgan fingerprint density at radius 3 is 2.43 bits per heavy atom. The molecule has 2 aliphatic rings. The Balaban J connectivity index is 0.000000774. The first kappa shape index (κ1) is 15.7. The number of para-hydroxylation sites is 1. The van der Waals surface area contributed by atoms with Crippen molar-refractivity contribution in [2.24, 2.45) is 0 Å². The van der Waals surface area contributed by atoms with Crippen LogP contribution in [-0.2, 0) is 5.41 Å². The molecule has 1 fully saturated rings. The van der Waals surface area contributed by atoms with Gasteiger partial charge in [0.25, 0.3) is 0 Å². The number of hydrogen-bond acceptors (Lipinski definition) is 2. The van der Waals surface area contributed by atoms with E-state index in [0.29, 0.717) is 0 Å². The third-order valence-electron chi connectivity index (χ3n) is 4.65. The molecule has 4 heteroatoms. The number of nitrogens with one attached hydrogen (secondary N) is 1. The number of carbonyl (C=O) groups is 1. The van der Waals surface area contributed by atoms with Gasteiger partial charge >= 0.3 is 6.03 Å². The number of nitrogens with zero attached hydrogens (tertiary/aromatic N) is 2. The summed E-state index contributed by atoms with van der Waals surface area (Å²) in [5.74, 6) is 0. The number of anilines is 1. The summed E-state index contributed by atoms with van der Waals surface area (Å²) < 4.78 is 0. The van der Waals surface area contributed by atoms with Gasteiger partial charge in [0.1, 0.15) is 0 Å². The first-order chi connectivity index (χ1) is 10.2. The Kier molecular flexibility index (Phi) is 4.76. The molecule has 0 aliphatic carbocycles.